The molecule has 3 heteroatoms. The number of pyridine rings is 1. The van der Waals surface area contributed by atoms with Crippen LogP contribution in [-0.2, 0) is 5.41 Å². The predicted molar refractivity (Wildman–Crippen MR) is 72.4 cm³/mol. The van der Waals surface area contributed by atoms with Crippen LogP contribution in [0.1, 0.15) is 37.4 Å². The van der Waals surface area contributed by atoms with Crippen molar-refractivity contribution in [2.45, 2.75) is 31.6 Å². The van der Waals surface area contributed by atoms with Gasteiger partial charge in [0.1, 0.15) is 0 Å². The highest BCUT2D eigenvalue weighted by atomic mass is 14.7. The van der Waals surface area contributed by atoms with Gasteiger partial charge in [-0.3, -0.25) is 4.98 Å². The Labute approximate surface area is 104 Å². The lowest BCUT2D eigenvalue weighted by Gasteiger charge is -2.24. The van der Waals surface area contributed by atoms with Crippen molar-refractivity contribution in [2.24, 2.45) is 11.5 Å². The Bertz CT molecular complexity index is 371. The summed E-state index contributed by atoms with van der Waals surface area (Å²) in [6, 6.07) is 4.10. The highest BCUT2D eigenvalue weighted by Crippen LogP contribution is 2.26. The molecule has 3 nitrogen and oxygen atoms in total. The molecule has 1 heterocycles. The standard InChI is InChI=1S/C14H22N3/c1-4-5-11(9-15)13-8-12(6-7-17-13)14(2,3)10-16/h4,6-9,11H,1,5,10,15-16H2,2-3H3/t11-/m0/s1. The van der Waals surface area contributed by atoms with Gasteiger partial charge in [-0.1, -0.05) is 19.9 Å². The summed E-state index contributed by atoms with van der Waals surface area (Å²) in [6.45, 7) is 10.3. The van der Waals surface area contributed by atoms with E-state index >= 15 is 0 Å². The van der Waals surface area contributed by atoms with Gasteiger partial charge in [0.2, 0.25) is 0 Å². The van der Waals surface area contributed by atoms with Gasteiger partial charge in [-0.05, 0) is 24.1 Å². The topological polar surface area (TPSA) is 64.9 Å². The van der Waals surface area contributed by atoms with Crippen molar-refractivity contribution in [3.63, 3.8) is 0 Å². The van der Waals surface area contributed by atoms with Gasteiger partial charge in [0.25, 0.3) is 0 Å². The monoisotopic (exact) mass is 232 g/mol. The second-order valence-corrected chi connectivity index (χ2v) is 4.88. The summed E-state index contributed by atoms with van der Waals surface area (Å²) in [6.07, 6.45) is 4.48. The molecule has 1 rings (SSSR count). The third-order valence-corrected chi connectivity index (χ3v) is 3.11. The van der Waals surface area contributed by atoms with Gasteiger partial charge >= 0.3 is 0 Å². The van der Waals surface area contributed by atoms with Crippen LogP contribution in [0.15, 0.2) is 31.0 Å². The van der Waals surface area contributed by atoms with Crippen LogP contribution in [0, 0.1) is 6.54 Å². The minimum Gasteiger partial charge on any atom is -0.330 e. The van der Waals surface area contributed by atoms with Gasteiger partial charge in [-0.25, -0.2) is 0 Å². The normalized spacial score (nSPS) is 13.4. The first-order chi connectivity index (χ1) is 8.05. The van der Waals surface area contributed by atoms with Crippen LogP contribution < -0.4 is 11.5 Å². The number of hydrogen-bond acceptors (Lipinski definition) is 3. The van der Waals surface area contributed by atoms with Crippen molar-refractivity contribution in [2.75, 3.05) is 6.54 Å². The average molecular weight is 232 g/mol. The van der Waals surface area contributed by atoms with E-state index in [1.807, 2.05) is 18.3 Å². The summed E-state index contributed by atoms with van der Waals surface area (Å²) >= 11 is 0. The Hall–Kier alpha value is -1.19. The van der Waals surface area contributed by atoms with E-state index in [0.29, 0.717) is 6.54 Å². The summed E-state index contributed by atoms with van der Waals surface area (Å²) in [5, 5.41) is 0. The first-order valence-electron chi connectivity index (χ1n) is 5.87. The molecule has 4 N–H and O–H groups in total. The molecule has 0 aromatic carbocycles. The van der Waals surface area contributed by atoms with E-state index in [4.69, 9.17) is 11.5 Å². The first-order valence-corrected chi connectivity index (χ1v) is 5.87. The van der Waals surface area contributed by atoms with Gasteiger partial charge in [-0.15, -0.1) is 6.58 Å². The number of nitrogens with two attached hydrogens (primary N) is 2. The van der Waals surface area contributed by atoms with Crippen molar-refractivity contribution in [3.8, 4) is 0 Å². The second-order valence-electron chi connectivity index (χ2n) is 4.88. The van der Waals surface area contributed by atoms with E-state index in [1.54, 1.807) is 6.54 Å². The molecule has 17 heavy (non-hydrogen) atoms. The van der Waals surface area contributed by atoms with Crippen molar-refractivity contribution in [1.82, 2.24) is 4.98 Å². The van der Waals surface area contributed by atoms with E-state index < -0.39 is 0 Å². The number of hydrogen-bond donors (Lipinski definition) is 2. The Morgan fingerprint density at radius 3 is 2.76 bits per heavy atom. The molecular formula is C14H22N3. The molecule has 0 fully saturated rings. The maximum atomic E-state index is 5.79. The minimum absolute atomic E-state index is 0.0367. The largest absolute Gasteiger partial charge is 0.330 e. The molecule has 0 spiro atoms. The van der Waals surface area contributed by atoms with Crippen LogP contribution in [0.4, 0.5) is 0 Å². The Morgan fingerprint density at radius 2 is 2.24 bits per heavy atom. The van der Waals surface area contributed by atoms with Crippen molar-refractivity contribution in [3.05, 3.63) is 48.8 Å². The Kier molecular flexibility index (Phi) is 4.85. The Morgan fingerprint density at radius 1 is 1.53 bits per heavy atom. The smallest absolute Gasteiger partial charge is 0.0456 e. The molecule has 0 aliphatic rings. The minimum atomic E-state index is -0.0367. The second kappa shape index (κ2) is 5.94. The molecule has 0 aliphatic carbocycles. The van der Waals surface area contributed by atoms with Crippen LogP contribution in [0.2, 0.25) is 0 Å². The number of nitrogens with zero attached hydrogens (tertiary/aromatic N) is 1. The zero-order valence-corrected chi connectivity index (χ0v) is 10.7. The summed E-state index contributed by atoms with van der Waals surface area (Å²) in [4.78, 5) is 4.38. The van der Waals surface area contributed by atoms with E-state index in [-0.39, 0.29) is 11.3 Å². The van der Waals surface area contributed by atoms with Crippen LogP contribution in [-0.4, -0.2) is 11.5 Å². The van der Waals surface area contributed by atoms with E-state index in [9.17, 15) is 0 Å². The van der Waals surface area contributed by atoms with Crippen LogP contribution in [0.25, 0.3) is 0 Å². The molecule has 0 bridgehead atoms. The van der Waals surface area contributed by atoms with Gasteiger partial charge < -0.3 is 11.5 Å². The predicted octanol–water partition coefficient (Wildman–Crippen LogP) is 2.10. The van der Waals surface area contributed by atoms with E-state index in [1.165, 1.54) is 5.56 Å². The summed E-state index contributed by atoms with van der Waals surface area (Å²) < 4.78 is 0. The maximum Gasteiger partial charge on any atom is 0.0456 e. The SMILES string of the molecule is C=CC[C@@H]([CH]N)c1cc(C(C)(C)CN)ccn1. The van der Waals surface area contributed by atoms with Crippen LogP contribution >= 0.6 is 0 Å². The fourth-order valence-corrected chi connectivity index (χ4v) is 1.67. The van der Waals surface area contributed by atoms with E-state index in [2.05, 4.69) is 31.5 Å². The van der Waals surface area contributed by atoms with Gasteiger partial charge in [0.05, 0.1) is 0 Å². The lowest BCUT2D eigenvalue weighted by atomic mass is 9.84. The summed E-state index contributed by atoms with van der Waals surface area (Å²) in [5.74, 6) is 0.126. The average Bonchev–Trinajstić information content (AvgIpc) is 2.36. The van der Waals surface area contributed by atoms with Crippen LogP contribution in [0.5, 0.6) is 0 Å². The van der Waals surface area contributed by atoms with Crippen molar-refractivity contribution < 1.29 is 0 Å². The molecule has 93 valence electrons. The zero-order chi connectivity index (χ0) is 12.9. The Balaban J connectivity index is 3.03. The maximum absolute atomic E-state index is 5.79. The number of rotatable bonds is 6. The molecule has 1 radical (unpaired) electrons. The zero-order valence-electron chi connectivity index (χ0n) is 10.7. The number of allylic oxidation sites excluding steroid dienone is 1. The van der Waals surface area contributed by atoms with Gasteiger partial charge in [0, 0.05) is 36.3 Å². The lowest BCUT2D eigenvalue weighted by Crippen LogP contribution is -2.28. The molecule has 1 aromatic heterocycles. The molecule has 1 atom stereocenters. The van der Waals surface area contributed by atoms with Crippen molar-refractivity contribution in [1.29, 1.82) is 0 Å². The van der Waals surface area contributed by atoms with Crippen LogP contribution in [0.3, 0.4) is 0 Å². The third-order valence-electron chi connectivity index (χ3n) is 3.11. The van der Waals surface area contributed by atoms with E-state index in [0.717, 1.165) is 12.1 Å². The fraction of sp³-hybridized carbons (Fsp3) is 0.429. The highest BCUT2D eigenvalue weighted by Gasteiger charge is 2.20. The first kappa shape index (κ1) is 13.9. The molecule has 0 aliphatic heterocycles. The van der Waals surface area contributed by atoms with Gasteiger partial charge in [0.15, 0.2) is 0 Å². The summed E-state index contributed by atoms with van der Waals surface area (Å²) in [5.41, 5.74) is 13.6. The summed E-state index contributed by atoms with van der Waals surface area (Å²) in [7, 11) is 0. The third kappa shape index (κ3) is 3.38. The fourth-order valence-electron chi connectivity index (χ4n) is 1.67. The van der Waals surface area contributed by atoms with Gasteiger partial charge in [-0.2, -0.15) is 0 Å². The molecule has 0 amide bonds. The molecule has 0 unspecified atom stereocenters. The lowest BCUT2D eigenvalue weighted by molar-refractivity contribution is 0.536. The molecule has 0 saturated carbocycles. The molecule has 0 saturated heterocycles. The molecule has 1 aromatic rings. The van der Waals surface area contributed by atoms with Crippen molar-refractivity contribution >= 4 is 0 Å². The quantitative estimate of drug-likeness (QED) is 0.738. The molecular weight excluding hydrogens is 210 g/mol. The highest BCUT2D eigenvalue weighted by molar-refractivity contribution is 5.27. The number of aromatic nitrogens is 1.